The quantitative estimate of drug-likeness (QED) is 0.761. The molecule has 0 N–H and O–H groups in total. The molecule has 1 aliphatic carbocycles. The van der Waals surface area contributed by atoms with Crippen molar-refractivity contribution in [1.82, 2.24) is 4.90 Å². The average Bonchev–Trinajstić information content (AvgIpc) is 2.57. The molecular weight excluding hydrogens is 266 g/mol. The van der Waals surface area contributed by atoms with Crippen molar-refractivity contribution >= 4 is 21.8 Å². The predicted molar refractivity (Wildman–Crippen MR) is 66.8 cm³/mol. The summed E-state index contributed by atoms with van der Waals surface area (Å²) in [6, 6.07) is 8.55. The van der Waals surface area contributed by atoms with Crippen molar-refractivity contribution in [2.45, 2.75) is 23.6 Å². The summed E-state index contributed by atoms with van der Waals surface area (Å²) < 4.78 is 0. The number of carbonyl (C=O) groups is 1. The Balaban J connectivity index is 1.69. The van der Waals surface area contributed by atoms with Gasteiger partial charge in [0.25, 0.3) is 0 Å². The molecule has 0 spiro atoms. The summed E-state index contributed by atoms with van der Waals surface area (Å²) in [6.07, 6.45) is 2.08. The van der Waals surface area contributed by atoms with Crippen molar-refractivity contribution in [3.05, 3.63) is 35.4 Å². The minimum atomic E-state index is 0.0582. The zero-order chi connectivity index (χ0) is 11.1. The topological polar surface area (TPSA) is 20.3 Å². The highest BCUT2D eigenvalue weighted by molar-refractivity contribution is 9.10. The number of carbonyl (C=O) groups excluding carboxylic acids is 1. The van der Waals surface area contributed by atoms with E-state index in [4.69, 9.17) is 0 Å². The minimum absolute atomic E-state index is 0.0582. The van der Waals surface area contributed by atoms with Crippen molar-refractivity contribution in [2.75, 3.05) is 13.1 Å². The average molecular weight is 280 g/mol. The van der Waals surface area contributed by atoms with Crippen LogP contribution in [0.5, 0.6) is 0 Å². The van der Waals surface area contributed by atoms with E-state index in [2.05, 4.69) is 40.2 Å². The lowest BCUT2D eigenvalue weighted by Crippen LogP contribution is -2.35. The molecular formula is C13H14BrNO. The van der Waals surface area contributed by atoms with Gasteiger partial charge >= 0.3 is 0 Å². The lowest BCUT2D eigenvalue weighted by atomic mass is 9.77. The van der Waals surface area contributed by atoms with E-state index in [-0.39, 0.29) is 10.7 Å². The first-order valence-electron chi connectivity index (χ1n) is 5.76. The van der Waals surface area contributed by atoms with Crippen molar-refractivity contribution in [2.24, 2.45) is 0 Å². The van der Waals surface area contributed by atoms with Crippen LogP contribution in [0.1, 0.15) is 23.5 Å². The molecule has 84 valence electrons. The number of alkyl halides is 1. The number of benzene rings is 1. The van der Waals surface area contributed by atoms with Crippen LogP contribution < -0.4 is 0 Å². The first-order chi connectivity index (χ1) is 7.75. The molecule has 0 bridgehead atoms. The molecule has 2 aliphatic rings. The fourth-order valence-corrected chi connectivity index (χ4v) is 3.17. The molecule has 1 aromatic carbocycles. The summed E-state index contributed by atoms with van der Waals surface area (Å²) >= 11 is 3.41. The van der Waals surface area contributed by atoms with Gasteiger partial charge in [-0.1, -0.05) is 40.2 Å². The normalized spacial score (nSPS) is 27.8. The summed E-state index contributed by atoms with van der Waals surface area (Å²) in [5.74, 6) is 0.835. The molecule has 1 aromatic rings. The van der Waals surface area contributed by atoms with E-state index in [0.29, 0.717) is 5.92 Å². The third-order valence-electron chi connectivity index (χ3n) is 3.63. The molecule has 0 radical (unpaired) electrons. The predicted octanol–water partition coefficient (Wildman–Crippen LogP) is 2.32. The molecule has 1 fully saturated rings. The Labute approximate surface area is 104 Å². The second-order valence-electron chi connectivity index (χ2n) is 4.64. The van der Waals surface area contributed by atoms with Crippen LogP contribution in [-0.2, 0) is 11.2 Å². The van der Waals surface area contributed by atoms with Crippen LogP contribution in [0.15, 0.2) is 24.3 Å². The summed E-state index contributed by atoms with van der Waals surface area (Å²) in [5.41, 5.74) is 2.89. The van der Waals surface area contributed by atoms with Crippen LogP contribution in [0.3, 0.4) is 0 Å². The van der Waals surface area contributed by atoms with Gasteiger partial charge in [0.15, 0.2) is 0 Å². The van der Waals surface area contributed by atoms with Crippen molar-refractivity contribution < 1.29 is 4.79 Å². The standard InChI is InChI=1S/C13H14BrNO/c14-12-5-6-15(13(12)16)8-10-7-9-3-1-2-4-11(9)10/h1-4,10,12H,5-8H2. The van der Waals surface area contributed by atoms with E-state index in [1.807, 2.05) is 4.90 Å². The van der Waals surface area contributed by atoms with E-state index < -0.39 is 0 Å². The monoisotopic (exact) mass is 279 g/mol. The molecule has 2 atom stereocenters. The third kappa shape index (κ3) is 1.58. The first-order valence-corrected chi connectivity index (χ1v) is 6.68. The first kappa shape index (κ1) is 10.3. The van der Waals surface area contributed by atoms with Crippen LogP contribution in [0, 0.1) is 0 Å². The smallest absolute Gasteiger partial charge is 0.236 e. The zero-order valence-electron chi connectivity index (χ0n) is 9.03. The molecule has 1 saturated heterocycles. The highest BCUT2D eigenvalue weighted by Gasteiger charge is 2.34. The van der Waals surface area contributed by atoms with Gasteiger partial charge in [0.05, 0.1) is 4.83 Å². The summed E-state index contributed by atoms with van der Waals surface area (Å²) in [4.78, 5) is 13.8. The minimum Gasteiger partial charge on any atom is -0.341 e. The summed E-state index contributed by atoms with van der Waals surface area (Å²) in [7, 11) is 0. The van der Waals surface area contributed by atoms with Gasteiger partial charge < -0.3 is 4.90 Å². The van der Waals surface area contributed by atoms with Gasteiger partial charge in [0.2, 0.25) is 5.91 Å². The molecule has 0 saturated carbocycles. The van der Waals surface area contributed by atoms with E-state index in [9.17, 15) is 4.79 Å². The highest BCUT2D eigenvalue weighted by atomic mass is 79.9. The summed E-state index contributed by atoms with van der Waals surface area (Å²) in [6.45, 7) is 1.81. The molecule has 0 aromatic heterocycles. The fourth-order valence-electron chi connectivity index (χ4n) is 2.67. The van der Waals surface area contributed by atoms with Crippen molar-refractivity contribution in [1.29, 1.82) is 0 Å². The van der Waals surface area contributed by atoms with E-state index in [1.165, 1.54) is 11.1 Å². The Morgan fingerprint density at radius 2 is 2.19 bits per heavy atom. The lowest BCUT2D eigenvalue weighted by Gasteiger charge is -2.33. The number of halogens is 1. The Bertz CT molecular complexity index is 432. The molecule has 1 heterocycles. The Morgan fingerprint density at radius 1 is 1.38 bits per heavy atom. The largest absolute Gasteiger partial charge is 0.341 e. The van der Waals surface area contributed by atoms with Gasteiger partial charge in [-0.15, -0.1) is 0 Å². The van der Waals surface area contributed by atoms with Crippen LogP contribution in [-0.4, -0.2) is 28.7 Å². The van der Waals surface area contributed by atoms with Gasteiger partial charge in [-0.25, -0.2) is 0 Å². The Kier molecular flexibility index (Phi) is 2.51. The lowest BCUT2D eigenvalue weighted by molar-refractivity contribution is -0.127. The second-order valence-corrected chi connectivity index (χ2v) is 5.75. The second kappa shape index (κ2) is 3.88. The number of rotatable bonds is 2. The maximum Gasteiger partial charge on any atom is 0.236 e. The highest BCUT2D eigenvalue weighted by Crippen LogP contribution is 2.36. The van der Waals surface area contributed by atoms with E-state index in [0.717, 1.165) is 25.9 Å². The number of fused-ring (bicyclic) bond motifs is 1. The number of hydrogen-bond donors (Lipinski definition) is 0. The van der Waals surface area contributed by atoms with Crippen LogP contribution in [0.4, 0.5) is 0 Å². The van der Waals surface area contributed by atoms with Gasteiger partial charge in [-0.05, 0) is 24.0 Å². The maximum atomic E-state index is 11.8. The number of amides is 1. The van der Waals surface area contributed by atoms with Gasteiger partial charge in [0.1, 0.15) is 0 Å². The number of hydrogen-bond acceptors (Lipinski definition) is 1. The van der Waals surface area contributed by atoms with Gasteiger partial charge in [-0.3, -0.25) is 4.79 Å². The third-order valence-corrected chi connectivity index (χ3v) is 4.48. The van der Waals surface area contributed by atoms with Gasteiger partial charge in [0, 0.05) is 19.0 Å². The van der Waals surface area contributed by atoms with Crippen LogP contribution >= 0.6 is 15.9 Å². The summed E-state index contributed by atoms with van der Waals surface area (Å²) in [5, 5.41) is 0. The molecule has 3 heteroatoms. The SMILES string of the molecule is O=C1C(Br)CCN1CC1Cc2ccccc21. The van der Waals surface area contributed by atoms with E-state index in [1.54, 1.807) is 0 Å². The molecule has 1 aliphatic heterocycles. The van der Waals surface area contributed by atoms with Crippen LogP contribution in [0.25, 0.3) is 0 Å². The Morgan fingerprint density at radius 3 is 2.88 bits per heavy atom. The zero-order valence-corrected chi connectivity index (χ0v) is 10.6. The van der Waals surface area contributed by atoms with Gasteiger partial charge in [-0.2, -0.15) is 0 Å². The number of likely N-dealkylation sites (tertiary alicyclic amines) is 1. The van der Waals surface area contributed by atoms with E-state index >= 15 is 0 Å². The Hall–Kier alpha value is -0.830. The molecule has 3 rings (SSSR count). The van der Waals surface area contributed by atoms with Crippen molar-refractivity contribution in [3.8, 4) is 0 Å². The number of nitrogens with zero attached hydrogens (tertiary/aromatic N) is 1. The molecule has 2 unspecified atom stereocenters. The molecule has 16 heavy (non-hydrogen) atoms. The fraction of sp³-hybridized carbons (Fsp3) is 0.462. The molecule has 2 nitrogen and oxygen atoms in total. The molecule has 1 amide bonds. The van der Waals surface area contributed by atoms with Crippen LogP contribution in [0.2, 0.25) is 0 Å². The maximum absolute atomic E-state index is 11.8. The van der Waals surface area contributed by atoms with Crippen molar-refractivity contribution in [3.63, 3.8) is 0 Å².